The lowest BCUT2D eigenvalue weighted by Gasteiger charge is -2.09. The standard InChI is InChI=1S/C20H19N3O4S/c1-23-19(11-4-6-13(24)7-5-11)21-22-20(23)28-17-9-12-8-15(26-2)16(27-3)10-14(12)18(17)25/h4-8,10,17,24H,9H2,1-3H3. The molecule has 1 N–H and O–H groups in total. The van der Waals surface area contributed by atoms with Crippen molar-refractivity contribution in [3.8, 4) is 28.6 Å². The minimum Gasteiger partial charge on any atom is -0.508 e. The number of methoxy groups -OCH3 is 2. The van der Waals surface area contributed by atoms with Gasteiger partial charge in [-0.2, -0.15) is 0 Å². The molecule has 7 nitrogen and oxygen atoms in total. The number of hydrogen-bond acceptors (Lipinski definition) is 7. The van der Waals surface area contributed by atoms with Crippen LogP contribution in [0.1, 0.15) is 15.9 Å². The van der Waals surface area contributed by atoms with Crippen molar-refractivity contribution in [3.05, 3.63) is 47.5 Å². The maximum atomic E-state index is 12.9. The fourth-order valence-corrected chi connectivity index (χ4v) is 4.37. The summed E-state index contributed by atoms with van der Waals surface area (Å²) >= 11 is 1.40. The molecule has 0 radical (unpaired) electrons. The largest absolute Gasteiger partial charge is 0.508 e. The summed E-state index contributed by atoms with van der Waals surface area (Å²) in [4.78, 5) is 12.9. The normalized spacial score (nSPS) is 15.5. The van der Waals surface area contributed by atoms with E-state index in [0.29, 0.717) is 34.5 Å². The van der Waals surface area contributed by atoms with Gasteiger partial charge in [0.1, 0.15) is 5.75 Å². The summed E-state index contributed by atoms with van der Waals surface area (Å²) in [5.41, 5.74) is 2.45. The fourth-order valence-electron chi connectivity index (χ4n) is 3.29. The number of thioether (sulfide) groups is 1. The number of aromatic hydroxyl groups is 1. The van der Waals surface area contributed by atoms with Crippen molar-refractivity contribution < 1.29 is 19.4 Å². The Kier molecular flexibility index (Phi) is 4.72. The molecule has 0 fully saturated rings. The second-order valence-electron chi connectivity index (χ2n) is 6.45. The van der Waals surface area contributed by atoms with Crippen LogP contribution < -0.4 is 9.47 Å². The summed E-state index contributed by atoms with van der Waals surface area (Å²) in [5, 5.41) is 18.3. The summed E-state index contributed by atoms with van der Waals surface area (Å²) in [7, 11) is 5.00. The van der Waals surface area contributed by atoms with Crippen LogP contribution in [0.4, 0.5) is 0 Å². The monoisotopic (exact) mass is 397 g/mol. The SMILES string of the molecule is COc1cc2c(cc1OC)C(=O)C(Sc1nnc(-c3ccc(O)cc3)n1C)C2. The number of fused-ring (bicyclic) bond motifs is 1. The van der Waals surface area contributed by atoms with E-state index in [2.05, 4.69) is 10.2 Å². The van der Waals surface area contributed by atoms with Crippen LogP contribution in [0, 0.1) is 0 Å². The number of Topliss-reactive ketones (excluding diaryl/α,β-unsaturated/α-hetero) is 1. The van der Waals surface area contributed by atoms with E-state index in [1.54, 1.807) is 44.6 Å². The van der Waals surface area contributed by atoms with Gasteiger partial charge in [0.2, 0.25) is 0 Å². The predicted octanol–water partition coefficient (Wildman–Crippen LogP) is 3.10. The van der Waals surface area contributed by atoms with E-state index in [0.717, 1.165) is 11.1 Å². The molecule has 1 aromatic heterocycles. The van der Waals surface area contributed by atoms with E-state index in [1.165, 1.54) is 11.8 Å². The summed E-state index contributed by atoms with van der Waals surface area (Å²) in [6.07, 6.45) is 0.598. The number of phenolic OH excluding ortho intramolecular Hbond substituents is 1. The maximum absolute atomic E-state index is 12.9. The van der Waals surface area contributed by atoms with E-state index < -0.39 is 0 Å². The average molecular weight is 397 g/mol. The number of carbonyl (C=O) groups is 1. The zero-order chi connectivity index (χ0) is 19.8. The number of carbonyl (C=O) groups excluding carboxylic acids is 1. The molecule has 0 amide bonds. The summed E-state index contributed by atoms with van der Waals surface area (Å²) in [6.45, 7) is 0. The first kappa shape index (κ1) is 18.4. The van der Waals surface area contributed by atoms with E-state index in [4.69, 9.17) is 9.47 Å². The highest BCUT2D eigenvalue weighted by Crippen LogP contribution is 2.39. The number of phenols is 1. The molecule has 2 aromatic carbocycles. The lowest BCUT2D eigenvalue weighted by Crippen LogP contribution is -2.12. The molecule has 0 spiro atoms. The van der Waals surface area contributed by atoms with Gasteiger partial charge in [-0.15, -0.1) is 10.2 Å². The Labute approximate surface area is 166 Å². The summed E-state index contributed by atoms with van der Waals surface area (Å²) in [5.74, 6) is 2.09. The Morgan fingerprint density at radius 2 is 1.79 bits per heavy atom. The van der Waals surface area contributed by atoms with E-state index in [1.807, 2.05) is 17.7 Å². The van der Waals surface area contributed by atoms with Crippen LogP contribution in [-0.4, -0.2) is 45.1 Å². The van der Waals surface area contributed by atoms with Crippen molar-refractivity contribution in [2.24, 2.45) is 7.05 Å². The van der Waals surface area contributed by atoms with Gasteiger partial charge in [0, 0.05) is 18.2 Å². The molecule has 0 saturated carbocycles. The van der Waals surface area contributed by atoms with Crippen molar-refractivity contribution in [1.29, 1.82) is 0 Å². The average Bonchev–Trinajstić information content (AvgIpc) is 3.21. The molecule has 28 heavy (non-hydrogen) atoms. The Hall–Kier alpha value is -3.00. The fraction of sp³-hybridized carbons (Fsp3) is 0.250. The highest BCUT2D eigenvalue weighted by molar-refractivity contribution is 8.00. The molecule has 0 bridgehead atoms. The van der Waals surface area contributed by atoms with Crippen LogP contribution in [-0.2, 0) is 13.5 Å². The minimum atomic E-state index is -0.276. The van der Waals surface area contributed by atoms with Gasteiger partial charge < -0.3 is 19.1 Å². The summed E-state index contributed by atoms with van der Waals surface area (Å²) in [6, 6.07) is 10.4. The topological polar surface area (TPSA) is 86.5 Å². The quantitative estimate of drug-likeness (QED) is 0.708. The third kappa shape index (κ3) is 3.09. The van der Waals surface area contributed by atoms with Crippen LogP contribution in [0.3, 0.4) is 0 Å². The first-order valence-corrected chi connectivity index (χ1v) is 9.54. The van der Waals surface area contributed by atoms with Crippen LogP contribution in [0.2, 0.25) is 0 Å². The minimum absolute atomic E-state index is 0.0511. The third-order valence-electron chi connectivity index (χ3n) is 4.78. The zero-order valence-electron chi connectivity index (χ0n) is 15.7. The first-order chi connectivity index (χ1) is 13.5. The number of rotatable bonds is 5. The molecule has 3 aromatic rings. The number of ether oxygens (including phenoxy) is 2. The van der Waals surface area contributed by atoms with Crippen molar-refractivity contribution in [2.45, 2.75) is 16.8 Å². The first-order valence-electron chi connectivity index (χ1n) is 8.66. The molecule has 4 rings (SSSR count). The van der Waals surface area contributed by atoms with Gasteiger partial charge >= 0.3 is 0 Å². The Bertz CT molecular complexity index is 1050. The van der Waals surface area contributed by atoms with Crippen LogP contribution in [0.15, 0.2) is 41.6 Å². The molecule has 0 aliphatic heterocycles. The number of nitrogens with zero attached hydrogens (tertiary/aromatic N) is 3. The molecule has 1 aliphatic carbocycles. The maximum Gasteiger partial charge on any atom is 0.191 e. The highest BCUT2D eigenvalue weighted by atomic mass is 32.2. The van der Waals surface area contributed by atoms with Crippen molar-refractivity contribution in [1.82, 2.24) is 14.8 Å². The van der Waals surface area contributed by atoms with Crippen LogP contribution in [0.25, 0.3) is 11.4 Å². The van der Waals surface area contributed by atoms with Gasteiger partial charge in [0.25, 0.3) is 0 Å². The molecule has 0 saturated heterocycles. The number of ketones is 1. The van der Waals surface area contributed by atoms with Gasteiger partial charge in [-0.1, -0.05) is 11.8 Å². The zero-order valence-corrected chi connectivity index (χ0v) is 16.5. The van der Waals surface area contributed by atoms with Gasteiger partial charge in [-0.3, -0.25) is 4.79 Å². The van der Waals surface area contributed by atoms with Crippen molar-refractivity contribution >= 4 is 17.5 Å². The molecule has 144 valence electrons. The highest BCUT2D eigenvalue weighted by Gasteiger charge is 2.34. The van der Waals surface area contributed by atoms with Gasteiger partial charge in [-0.25, -0.2) is 0 Å². The molecular weight excluding hydrogens is 378 g/mol. The molecule has 1 heterocycles. The lowest BCUT2D eigenvalue weighted by atomic mass is 10.1. The smallest absolute Gasteiger partial charge is 0.191 e. The Morgan fingerprint density at radius 3 is 2.46 bits per heavy atom. The number of aromatic nitrogens is 3. The number of hydrogen-bond donors (Lipinski definition) is 1. The van der Waals surface area contributed by atoms with Gasteiger partial charge in [0.05, 0.1) is 19.5 Å². The molecule has 1 unspecified atom stereocenters. The molecular formula is C20H19N3O4S. The number of benzene rings is 2. The van der Waals surface area contributed by atoms with Gasteiger partial charge in [-0.05, 0) is 48.4 Å². The van der Waals surface area contributed by atoms with E-state index >= 15 is 0 Å². The van der Waals surface area contributed by atoms with Gasteiger partial charge in [0.15, 0.2) is 28.3 Å². The van der Waals surface area contributed by atoms with E-state index in [9.17, 15) is 9.90 Å². The predicted molar refractivity (Wildman–Crippen MR) is 105 cm³/mol. The Morgan fingerprint density at radius 1 is 1.11 bits per heavy atom. The summed E-state index contributed by atoms with van der Waals surface area (Å²) < 4.78 is 12.5. The molecule has 8 heteroatoms. The van der Waals surface area contributed by atoms with Crippen LogP contribution in [0.5, 0.6) is 17.2 Å². The lowest BCUT2D eigenvalue weighted by molar-refractivity contribution is 0.1000. The second kappa shape index (κ2) is 7.20. The molecule has 1 aliphatic rings. The van der Waals surface area contributed by atoms with E-state index in [-0.39, 0.29) is 16.8 Å². The third-order valence-corrected chi connectivity index (χ3v) is 6.01. The van der Waals surface area contributed by atoms with Crippen LogP contribution >= 0.6 is 11.8 Å². The molecule has 1 atom stereocenters. The van der Waals surface area contributed by atoms with Crippen molar-refractivity contribution in [2.75, 3.05) is 14.2 Å². The Balaban J connectivity index is 1.59. The second-order valence-corrected chi connectivity index (χ2v) is 7.62. The van der Waals surface area contributed by atoms with Crippen molar-refractivity contribution in [3.63, 3.8) is 0 Å².